The first-order chi connectivity index (χ1) is 12.2. The molecule has 2 aromatic rings. The summed E-state index contributed by atoms with van der Waals surface area (Å²) in [6.45, 7) is 7.24. The van der Waals surface area contributed by atoms with Crippen molar-refractivity contribution in [1.29, 1.82) is 0 Å². The van der Waals surface area contributed by atoms with E-state index in [4.69, 9.17) is 17.3 Å². The molecule has 0 unspecified atom stereocenters. The minimum Gasteiger partial charge on any atom is -0.341 e. The van der Waals surface area contributed by atoms with Gasteiger partial charge >= 0.3 is 0 Å². The summed E-state index contributed by atoms with van der Waals surface area (Å²) in [5, 5.41) is 5.23. The molecular weight excluding hydrogens is 383 g/mol. The molecular formula is C20H28Cl2N4O. The van der Waals surface area contributed by atoms with Crippen LogP contribution in [0.25, 0.3) is 5.69 Å². The molecule has 0 aliphatic heterocycles. The number of nitrogens with zero attached hydrogens (tertiary/aromatic N) is 3. The molecule has 1 aliphatic carbocycles. The molecule has 148 valence electrons. The lowest BCUT2D eigenvalue weighted by Gasteiger charge is -2.29. The van der Waals surface area contributed by atoms with Crippen LogP contribution < -0.4 is 5.73 Å². The molecule has 5 nitrogen and oxygen atoms in total. The van der Waals surface area contributed by atoms with Crippen molar-refractivity contribution >= 4 is 29.9 Å². The second-order valence-corrected chi connectivity index (χ2v) is 8.50. The molecule has 2 N–H and O–H groups in total. The molecule has 0 radical (unpaired) electrons. The van der Waals surface area contributed by atoms with E-state index in [1.807, 2.05) is 36.9 Å². The maximum atomic E-state index is 13.1. The second-order valence-electron chi connectivity index (χ2n) is 8.09. The first-order valence-corrected chi connectivity index (χ1v) is 9.41. The van der Waals surface area contributed by atoms with Gasteiger partial charge in [0.15, 0.2) is 0 Å². The SMILES string of the molecule is Cc1ccc(-n2ncc(C(=O)N(C)CC(C)(C)CN)c2C2CC2)cc1Cl.Cl. The summed E-state index contributed by atoms with van der Waals surface area (Å²) in [7, 11) is 1.83. The number of amides is 1. The standard InChI is InChI=1S/C20H27ClN4O.ClH/c1-13-5-8-15(9-17(13)21)25-18(14-6-7-14)16(10-23-25)19(26)24(4)12-20(2,3)11-22;/h5,8-10,14H,6-7,11-12,22H2,1-4H3;1H. The quantitative estimate of drug-likeness (QED) is 0.775. The van der Waals surface area contributed by atoms with Crippen LogP contribution in [0.5, 0.6) is 0 Å². The Kier molecular flexibility index (Phi) is 6.61. The fraction of sp³-hybridized carbons (Fsp3) is 0.500. The highest BCUT2D eigenvalue weighted by Gasteiger charge is 2.34. The summed E-state index contributed by atoms with van der Waals surface area (Å²) >= 11 is 6.29. The van der Waals surface area contributed by atoms with Crippen LogP contribution in [-0.4, -0.2) is 40.7 Å². The van der Waals surface area contributed by atoms with Gasteiger partial charge in [-0.2, -0.15) is 5.10 Å². The van der Waals surface area contributed by atoms with Crippen molar-refractivity contribution in [2.24, 2.45) is 11.1 Å². The second kappa shape index (κ2) is 8.21. The highest BCUT2D eigenvalue weighted by atomic mass is 35.5. The first kappa shape index (κ1) is 21.7. The zero-order valence-electron chi connectivity index (χ0n) is 16.3. The molecule has 1 aromatic heterocycles. The molecule has 0 spiro atoms. The predicted octanol–water partition coefficient (Wildman–Crippen LogP) is 4.19. The Bertz CT molecular complexity index is 827. The van der Waals surface area contributed by atoms with Crippen LogP contribution >= 0.6 is 24.0 Å². The summed E-state index contributed by atoms with van der Waals surface area (Å²) in [5.41, 5.74) is 9.29. The molecule has 0 saturated heterocycles. The largest absolute Gasteiger partial charge is 0.341 e. The molecule has 0 atom stereocenters. The fourth-order valence-corrected chi connectivity index (χ4v) is 3.35. The van der Waals surface area contributed by atoms with E-state index in [0.29, 0.717) is 29.6 Å². The van der Waals surface area contributed by atoms with Crippen LogP contribution in [0.3, 0.4) is 0 Å². The normalized spacial score (nSPS) is 14.0. The van der Waals surface area contributed by atoms with Gasteiger partial charge in [0, 0.05) is 24.5 Å². The number of hydrogen-bond donors (Lipinski definition) is 1. The van der Waals surface area contributed by atoms with Crippen molar-refractivity contribution in [2.75, 3.05) is 20.1 Å². The summed E-state index contributed by atoms with van der Waals surface area (Å²) < 4.78 is 1.87. The average Bonchev–Trinajstić information content (AvgIpc) is 3.34. The third-order valence-electron chi connectivity index (χ3n) is 4.97. The van der Waals surface area contributed by atoms with Gasteiger partial charge in [-0.3, -0.25) is 4.79 Å². The van der Waals surface area contributed by atoms with E-state index in [1.54, 1.807) is 11.1 Å². The Morgan fingerprint density at radius 3 is 2.63 bits per heavy atom. The van der Waals surface area contributed by atoms with Crippen LogP contribution in [0.2, 0.25) is 5.02 Å². The summed E-state index contributed by atoms with van der Waals surface area (Å²) in [5.74, 6) is 0.380. The van der Waals surface area contributed by atoms with Gasteiger partial charge in [-0.25, -0.2) is 4.68 Å². The van der Waals surface area contributed by atoms with Gasteiger partial charge in [-0.05, 0) is 49.4 Å². The van der Waals surface area contributed by atoms with Crippen LogP contribution in [0.1, 0.15) is 54.2 Å². The smallest absolute Gasteiger partial charge is 0.257 e. The van der Waals surface area contributed by atoms with Gasteiger partial charge in [-0.1, -0.05) is 31.5 Å². The number of aromatic nitrogens is 2. The topological polar surface area (TPSA) is 64.2 Å². The van der Waals surface area contributed by atoms with Gasteiger partial charge in [0.05, 0.1) is 23.1 Å². The van der Waals surface area contributed by atoms with E-state index < -0.39 is 0 Å². The molecule has 3 rings (SSSR count). The lowest BCUT2D eigenvalue weighted by molar-refractivity contribution is 0.0739. The van der Waals surface area contributed by atoms with E-state index in [9.17, 15) is 4.79 Å². The van der Waals surface area contributed by atoms with Crippen molar-refractivity contribution in [1.82, 2.24) is 14.7 Å². The van der Waals surface area contributed by atoms with Crippen molar-refractivity contribution in [3.8, 4) is 5.69 Å². The van der Waals surface area contributed by atoms with Crippen molar-refractivity contribution in [2.45, 2.75) is 39.5 Å². The fourth-order valence-electron chi connectivity index (χ4n) is 3.18. The van der Waals surface area contributed by atoms with E-state index >= 15 is 0 Å². The number of hydrogen-bond acceptors (Lipinski definition) is 3. The highest BCUT2D eigenvalue weighted by Crippen LogP contribution is 2.43. The lowest BCUT2D eigenvalue weighted by Crippen LogP contribution is -2.40. The third-order valence-corrected chi connectivity index (χ3v) is 5.37. The number of benzene rings is 1. The predicted molar refractivity (Wildman–Crippen MR) is 112 cm³/mol. The van der Waals surface area contributed by atoms with Gasteiger partial charge in [0.25, 0.3) is 5.91 Å². The van der Waals surface area contributed by atoms with Crippen LogP contribution in [0.4, 0.5) is 0 Å². The Morgan fingerprint density at radius 2 is 2.07 bits per heavy atom. The maximum Gasteiger partial charge on any atom is 0.257 e. The van der Waals surface area contributed by atoms with Crippen LogP contribution in [0.15, 0.2) is 24.4 Å². The minimum atomic E-state index is -0.120. The Labute approximate surface area is 172 Å². The Hall–Kier alpha value is -1.56. The molecule has 1 aliphatic rings. The Balaban J connectivity index is 0.00000261. The van der Waals surface area contributed by atoms with E-state index in [1.165, 1.54) is 0 Å². The zero-order valence-corrected chi connectivity index (χ0v) is 17.9. The van der Waals surface area contributed by atoms with E-state index in [0.717, 1.165) is 29.8 Å². The Morgan fingerprint density at radius 1 is 1.41 bits per heavy atom. The molecule has 1 heterocycles. The highest BCUT2D eigenvalue weighted by molar-refractivity contribution is 6.31. The third kappa shape index (κ3) is 4.65. The van der Waals surface area contributed by atoms with Crippen LogP contribution in [0, 0.1) is 12.3 Å². The lowest BCUT2D eigenvalue weighted by atomic mass is 9.93. The number of nitrogens with two attached hydrogens (primary N) is 1. The minimum absolute atomic E-state index is 0. The van der Waals surface area contributed by atoms with Crippen LogP contribution in [-0.2, 0) is 0 Å². The number of aryl methyl sites for hydroxylation is 1. The van der Waals surface area contributed by atoms with Gasteiger partial charge in [0.2, 0.25) is 0 Å². The summed E-state index contributed by atoms with van der Waals surface area (Å²) in [6, 6.07) is 5.88. The molecule has 1 fully saturated rings. The number of halogens is 2. The summed E-state index contributed by atoms with van der Waals surface area (Å²) in [4.78, 5) is 14.8. The van der Waals surface area contributed by atoms with Crippen molar-refractivity contribution in [3.63, 3.8) is 0 Å². The number of carbonyl (C=O) groups excluding carboxylic acids is 1. The van der Waals surface area contributed by atoms with Gasteiger partial charge < -0.3 is 10.6 Å². The molecule has 7 heteroatoms. The van der Waals surface area contributed by atoms with E-state index in [-0.39, 0.29) is 23.7 Å². The van der Waals surface area contributed by atoms with Gasteiger partial charge in [-0.15, -0.1) is 12.4 Å². The zero-order chi connectivity index (χ0) is 19.1. The van der Waals surface area contributed by atoms with E-state index in [2.05, 4.69) is 18.9 Å². The van der Waals surface area contributed by atoms with Crippen molar-refractivity contribution < 1.29 is 4.79 Å². The average molecular weight is 411 g/mol. The first-order valence-electron chi connectivity index (χ1n) is 9.03. The maximum absolute atomic E-state index is 13.1. The molecule has 0 bridgehead atoms. The van der Waals surface area contributed by atoms with Crippen molar-refractivity contribution in [3.05, 3.63) is 46.2 Å². The number of rotatable bonds is 6. The molecule has 27 heavy (non-hydrogen) atoms. The molecule has 1 saturated carbocycles. The molecule has 1 amide bonds. The van der Waals surface area contributed by atoms with Gasteiger partial charge in [0.1, 0.15) is 0 Å². The molecule has 1 aromatic carbocycles. The monoisotopic (exact) mass is 410 g/mol. The summed E-state index contributed by atoms with van der Waals surface area (Å²) in [6.07, 6.45) is 3.86. The number of carbonyl (C=O) groups is 1.